The number of nitrogens with one attached hydrogen (secondary N) is 2. The summed E-state index contributed by atoms with van der Waals surface area (Å²) in [7, 11) is 0. The fraction of sp³-hybridized carbons (Fsp3) is 0.286. The highest BCUT2D eigenvalue weighted by molar-refractivity contribution is 6.14. The summed E-state index contributed by atoms with van der Waals surface area (Å²) in [5, 5.41) is 14.4. The van der Waals surface area contributed by atoms with E-state index in [9.17, 15) is 9.59 Å². The third kappa shape index (κ3) is 5.32. The van der Waals surface area contributed by atoms with Crippen LogP contribution in [0.15, 0.2) is 48.5 Å². The van der Waals surface area contributed by atoms with Crippen molar-refractivity contribution in [2.45, 2.75) is 33.8 Å². The topological polar surface area (TPSA) is 91.2 Å². The number of amides is 2. The number of hydrogen-bond acceptors (Lipinski definition) is 4. The Hall–Kier alpha value is -3.33. The van der Waals surface area contributed by atoms with Gasteiger partial charge in [-0.1, -0.05) is 6.07 Å². The summed E-state index contributed by atoms with van der Waals surface area (Å²) < 4.78 is 5.57. The van der Waals surface area contributed by atoms with Gasteiger partial charge in [0.05, 0.1) is 17.7 Å². The van der Waals surface area contributed by atoms with Crippen molar-refractivity contribution < 1.29 is 14.3 Å². The molecule has 0 unspecified atom stereocenters. The van der Waals surface area contributed by atoms with Crippen LogP contribution in [0.5, 0.6) is 5.75 Å². The van der Waals surface area contributed by atoms with E-state index >= 15 is 0 Å². The van der Waals surface area contributed by atoms with Crippen LogP contribution >= 0.6 is 0 Å². The molecule has 0 aliphatic heterocycles. The van der Waals surface area contributed by atoms with Crippen molar-refractivity contribution in [3.8, 4) is 11.8 Å². The highest BCUT2D eigenvalue weighted by Gasteiger charge is 2.36. The maximum absolute atomic E-state index is 12.6. The van der Waals surface area contributed by atoms with Crippen molar-refractivity contribution in [2.24, 2.45) is 5.41 Å². The Morgan fingerprint density at radius 3 is 2.15 bits per heavy atom. The highest BCUT2D eigenvalue weighted by Crippen LogP contribution is 2.23. The first-order valence-corrected chi connectivity index (χ1v) is 8.62. The molecule has 27 heavy (non-hydrogen) atoms. The SMILES string of the molecule is CC(C)Oc1ccc(NC(=O)C(C)(C)C(=O)Nc2cccc(C#N)c2)cc1. The molecule has 0 radical (unpaired) electrons. The predicted molar refractivity (Wildman–Crippen MR) is 104 cm³/mol. The number of hydrogen-bond donors (Lipinski definition) is 2. The summed E-state index contributed by atoms with van der Waals surface area (Å²) >= 11 is 0. The summed E-state index contributed by atoms with van der Waals surface area (Å²) in [4.78, 5) is 25.2. The number of nitriles is 1. The summed E-state index contributed by atoms with van der Waals surface area (Å²) in [6.07, 6.45) is 0.0626. The molecule has 2 N–H and O–H groups in total. The molecule has 2 aromatic carbocycles. The minimum atomic E-state index is -1.31. The van der Waals surface area contributed by atoms with Crippen LogP contribution in [0.3, 0.4) is 0 Å². The van der Waals surface area contributed by atoms with Crippen LogP contribution in [0.4, 0.5) is 11.4 Å². The maximum atomic E-state index is 12.6. The zero-order valence-electron chi connectivity index (χ0n) is 15.9. The van der Waals surface area contributed by atoms with E-state index in [1.807, 2.05) is 19.9 Å². The Labute approximate surface area is 159 Å². The lowest BCUT2D eigenvalue weighted by Crippen LogP contribution is -2.41. The number of carbonyl (C=O) groups is 2. The molecule has 0 aliphatic rings. The summed E-state index contributed by atoms with van der Waals surface area (Å²) in [5.74, 6) is -0.193. The molecule has 140 valence electrons. The number of rotatable bonds is 6. The third-order valence-electron chi connectivity index (χ3n) is 3.87. The molecular formula is C21H23N3O3. The van der Waals surface area contributed by atoms with Gasteiger partial charge in [0.1, 0.15) is 11.2 Å². The van der Waals surface area contributed by atoms with E-state index in [0.717, 1.165) is 0 Å². The van der Waals surface area contributed by atoms with Gasteiger partial charge in [-0.05, 0) is 70.2 Å². The van der Waals surface area contributed by atoms with Crippen molar-refractivity contribution in [3.05, 3.63) is 54.1 Å². The molecule has 6 nitrogen and oxygen atoms in total. The summed E-state index contributed by atoms with van der Waals surface area (Å²) in [6, 6.07) is 15.5. The lowest BCUT2D eigenvalue weighted by atomic mass is 9.90. The Balaban J connectivity index is 2.04. The summed E-state index contributed by atoms with van der Waals surface area (Å²) in [5.41, 5.74) is 0.160. The molecule has 0 aromatic heterocycles. The van der Waals surface area contributed by atoms with Gasteiger partial charge in [0, 0.05) is 11.4 Å². The van der Waals surface area contributed by atoms with E-state index in [0.29, 0.717) is 22.7 Å². The number of ether oxygens (including phenoxy) is 1. The van der Waals surface area contributed by atoms with E-state index in [1.165, 1.54) is 0 Å². The Bertz CT molecular complexity index is 865. The average Bonchev–Trinajstić information content (AvgIpc) is 2.63. The van der Waals surface area contributed by atoms with Crippen LogP contribution in [0.2, 0.25) is 0 Å². The van der Waals surface area contributed by atoms with Gasteiger partial charge in [-0.15, -0.1) is 0 Å². The van der Waals surface area contributed by atoms with Crippen molar-refractivity contribution >= 4 is 23.2 Å². The fourth-order valence-electron chi connectivity index (χ4n) is 2.23. The smallest absolute Gasteiger partial charge is 0.239 e. The van der Waals surface area contributed by atoms with E-state index in [1.54, 1.807) is 62.4 Å². The number of anilines is 2. The van der Waals surface area contributed by atoms with Gasteiger partial charge in [0.15, 0.2) is 0 Å². The van der Waals surface area contributed by atoms with Crippen LogP contribution in [-0.4, -0.2) is 17.9 Å². The standard InChI is InChI=1S/C21H23N3O3/c1-14(2)27-18-10-8-16(9-11-18)23-19(25)21(3,4)20(26)24-17-7-5-6-15(12-17)13-22/h5-12,14H,1-4H3,(H,23,25)(H,24,26). The quantitative estimate of drug-likeness (QED) is 0.758. The molecule has 0 atom stereocenters. The van der Waals surface area contributed by atoms with Crippen LogP contribution in [0.1, 0.15) is 33.3 Å². The second kappa shape index (κ2) is 8.37. The Morgan fingerprint density at radius 2 is 1.59 bits per heavy atom. The first-order valence-electron chi connectivity index (χ1n) is 8.62. The van der Waals surface area contributed by atoms with Gasteiger partial charge in [0.2, 0.25) is 11.8 Å². The predicted octanol–water partition coefficient (Wildman–Crippen LogP) is 3.95. The molecule has 6 heteroatoms. The molecule has 2 aromatic rings. The van der Waals surface area contributed by atoms with E-state index in [-0.39, 0.29) is 6.10 Å². The van der Waals surface area contributed by atoms with Crippen molar-refractivity contribution in [1.82, 2.24) is 0 Å². The van der Waals surface area contributed by atoms with Crippen LogP contribution in [0.25, 0.3) is 0 Å². The second-order valence-corrected chi connectivity index (χ2v) is 6.92. The van der Waals surface area contributed by atoms with Crippen molar-refractivity contribution in [2.75, 3.05) is 10.6 Å². The first kappa shape index (κ1) is 20.0. The largest absolute Gasteiger partial charge is 0.491 e. The zero-order valence-corrected chi connectivity index (χ0v) is 15.9. The van der Waals surface area contributed by atoms with E-state index < -0.39 is 17.2 Å². The van der Waals surface area contributed by atoms with Crippen molar-refractivity contribution in [1.29, 1.82) is 5.26 Å². The molecule has 2 amide bonds. The Kier molecular flexibility index (Phi) is 6.19. The number of nitrogens with zero attached hydrogens (tertiary/aromatic N) is 1. The van der Waals surface area contributed by atoms with E-state index in [2.05, 4.69) is 10.6 Å². The number of benzene rings is 2. The van der Waals surface area contributed by atoms with Crippen LogP contribution in [0, 0.1) is 16.7 Å². The minimum absolute atomic E-state index is 0.0626. The van der Waals surface area contributed by atoms with Gasteiger partial charge in [0.25, 0.3) is 0 Å². The molecule has 0 bridgehead atoms. The second-order valence-electron chi connectivity index (χ2n) is 6.92. The lowest BCUT2D eigenvalue weighted by molar-refractivity contribution is -0.135. The average molecular weight is 365 g/mol. The zero-order chi connectivity index (χ0) is 20.0. The Morgan fingerprint density at radius 1 is 1.00 bits per heavy atom. The normalized spacial score (nSPS) is 10.8. The maximum Gasteiger partial charge on any atom is 0.239 e. The van der Waals surface area contributed by atoms with Crippen LogP contribution < -0.4 is 15.4 Å². The molecule has 0 saturated carbocycles. The van der Waals surface area contributed by atoms with Gasteiger partial charge in [-0.2, -0.15) is 5.26 Å². The monoisotopic (exact) mass is 365 g/mol. The highest BCUT2D eigenvalue weighted by atomic mass is 16.5. The van der Waals surface area contributed by atoms with E-state index in [4.69, 9.17) is 10.00 Å². The van der Waals surface area contributed by atoms with Crippen LogP contribution in [-0.2, 0) is 9.59 Å². The fourth-order valence-corrected chi connectivity index (χ4v) is 2.23. The van der Waals surface area contributed by atoms with Crippen molar-refractivity contribution in [3.63, 3.8) is 0 Å². The van der Waals surface area contributed by atoms with Gasteiger partial charge in [-0.25, -0.2) is 0 Å². The molecule has 0 saturated heterocycles. The molecule has 0 aliphatic carbocycles. The van der Waals surface area contributed by atoms with Gasteiger partial charge >= 0.3 is 0 Å². The lowest BCUT2D eigenvalue weighted by Gasteiger charge is -2.23. The van der Waals surface area contributed by atoms with Gasteiger partial charge in [-0.3, -0.25) is 9.59 Å². The molecule has 0 fully saturated rings. The first-order chi connectivity index (χ1) is 12.7. The summed E-state index contributed by atoms with van der Waals surface area (Å²) in [6.45, 7) is 6.95. The molecule has 0 heterocycles. The van der Waals surface area contributed by atoms with Gasteiger partial charge < -0.3 is 15.4 Å². The number of carbonyl (C=O) groups excluding carboxylic acids is 2. The molecular weight excluding hydrogens is 342 g/mol. The molecule has 2 rings (SSSR count). The third-order valence-corrected chi connectivity index (χ3v) is 3.87. The molecule has 0 spiro atoms. The minimum Gasteiger partial charge on any atom is -0.491 e.